The van der Waals surface area contributed by atoms with E-state index in [0.29, 0.717) is 25.9 Å². The Morgan fingerprint density at radius 2 is 2.12 bits per heavy atom. The first-order valence-corrected chi connectivity index (χ1v) is 7.41. The molecule has 6 heteroatoms. The molecule has 0 aromatic heterocycles. The molecule has 0 spiro atoms. The summed E-state index contributed by atoms with van der Waals surface area (Å²) in [4.78, 5) is 11.2. The molecule has 1 saturated heterocycles. The third kappa shape index (κ3) is 4.09. The Morgan fingerprint density at radius 1 is 1.44 bits per heavy atom. The maximum atomic E-state index is 11.3. The molecule has 16 heavy (non-hydrogen) atoms. The van der Waals surface area contributed by atoms with Crippen LogP contribution in [0, 0.1) is 0 Å². The molecule has 0 aromatic rings. The van der Waals surface area contributed by atoms with Crippen molar-refractivity contribution in [1.82, 2.24) is 10.6 Å². The second-order valence-electron chi connectivity index (χ2n) is 4.53. The summed E-state index contributed by atoms with van der Waals surface area (Å²) < 4.78 is 22.7. The summed E-state index contributed by atoms with van der Waals surface area (Å²) in [5.41, 5.74) is -0.356. The van der Waals surface area contributed by atoms with Gasteiger partial charge in [-0.05, 0) is 20.3 Å². The monoisotopic (exact) mass is 248 g/mol. The van der Waals surface area contributed by atoms with Gasteiger partial charge in [-0.25, -0.2) is 8.42 Å². The zero-order chi connectivity index (χ0) is 12.2. The van der Waals surface area contributed by atoms with Gasteiger partial charge < -0.3 is 10.6 Å². The fraction of sp³-hybridized carbons (Fsp3) is 0.900. The minimum absolute atomic E-state index is 0.000505. The number of carbonyl (C=O) groups excluding carboxylic acids is 1. The van der Waals surface area contributed by atoms with E-state index in [-0.39, 0.29) is 23.0 Å². The van der Waals surface area contributed by atoms with Crippen molar-refractivity contribution in [2.24, 2.45) is 0 Å². The van der Waals surface area contributed by atoms with Crippen LogP contribution in [-0.2, 0) is 14.6 Å². The fourth-order valence-electron chi connectivity index (χ4n) is 1.91. The quantitative estimate of drug-likeness (QED) is 0.699. The summed E-state index contributed by atoms with van der Waals surface area (Å²) in [7, 11) is -2.88. The maximum absolute atomic E-state index is 11.3. The Kier molecular flexibility index (Phi) is 4.32. The fourth-order valence-corrected chi connectivity index (χ4v) is 4.04. The Labute approximate surface area is 96.9 Å². The molecule has 1 fully saturated rings. The van der Waals surface area contributed by atoms with E-state index < -0.39 is 9.84 Å². The number of rotatable bonds is 5. The highest BCUT2D eigenvalue weighted by Gasteiger charge is 2.37. The largest absolute Gasteiger partial charge is 0.356 e. The average molecular weight is 248 g/mol. The molecule has 0 radical (unpaired) electrons. The molecule has 94 valence electrons. The standard InChI is InChI=1S/C10H20N2O3S/c1-3-11-9(13)4-6-12-10(2)5-7-16(14,15)8-10/h12H,3-8H2,1-2H3,(H,11,13). The van der Waals surface area contributed by atoms with Crippen LogP contribution < -0.4 is 10.6 Å². The van der Waals surface area contributed by atoms with E-state index in [1.165, 1.54) is 0 Å². The molecule has 5 nitrogen and oxygen atoms in total. The van der Waals surface area contributed by atoms with Crippen molar-refractivity contribution in [1.29, 1.82) is 0 Å². The molecule has 1 heterocycles. The second-order valence-corrected chi connectivity index (χ2v) is 6.72. The smallest absolute Gasteiger partial charge is 0.221 e. The number of sulfone groups is 1. The molecule has 2 N–H and O–H groups in total. The van der Waals surface area contributed by atoms with Crippen molar-refractivity contribution < 1.29 is 13.2 Å². The molecule has 1 rings (SSSR count). The number of hydrogen-bond donors (Lipinski definition) is 2. The molecule has 0 saturated carbocycles. The normalized spacial score (nSPS) is 27.9. The van der Waals surface area contributed by atoms with E-state index in [9.17, 15) is 13.2 Å². The van der Waals surface area contributed by atoms with Crippen molar-refractivity contribution in [3.05, 3.63) is 0 Å². The first-order valence-electron chi connectivity index (χ1n) is 5.59. The molecule has 0 aromatic carbocycles. The van der Waals surface area contributed by atoms with Gasteiger partial charge in [0, 0.05) is 25.0 Å². The number of nitrogens with one attached hydrogen (secondary N) is 2. The van der Waals surface area contributed by atoms with Gasteiger partial charge in [0.25, 0.3) is 0 Å². The lowest BCUT2D eigenvalue weighted by Crippen LogP contribution is -2.44. The maximum Gasteiger partial charge on any atom is 0.221 e. The van der Waals surface area contributed by atoms with E-state index in [2.05, 4.69) is 10.6 Å². The molecule has 1 amide bonds. The summed E-state index contributed by atoms with van der Waals surface area (Å²) in [6.45, 7) is 4.92. The number of amides is 1. The van der Waals surface area contributed by atoms with Gasteiger partial charge in [-0.3, -0.25) is 4.79 Å². The van der Waals surface area contributed by atoms with E-state index >= 15 is 0 Å². The summed E-state index contributed by atoms with van der Waals surface area (Å²) in [6.07, 6.45) is 1.02. The van der Waals surface area contributed by atoms with Crippen LogP contribution in [0.3, 0.4) is 0 Å². The van der Waals surface area contributed by atoms with E-state index in [4.69, 9.17) is 0 Å². The molecular weight excluding hydrogens is 228 g/mol. The number of hydrogen-bond acceptors (Lipinski definition) is 4. The van der Waals surface area contributed by atoms with Crippen LogP contribution >= 0.6 is 0 Å². The number of carbonyl (C=O) groups is 1. The highest BCUT2D eigenvalue weighted by molar-refractivity contribution is 7.91. The lowest BCUT2D eigenvalue weighted by Gasteiger charge is -2.23. The van der Waals surface area contributed by atoms with Crippen molar-refractivity contribution in [3.8, 4) is 0 Å². The van der Waals surface area contributed by atoms with Gasteiger partial charge in [0.1, 0.15) is 0 Å². The third-order valence-corrected chi connectivity index (χ3v) is 4.68. The molecule has 1 aliphatic heterocycles. The second kappa shape index (κ2) is 5.14. The van der Waals surface area contributed by atoms with Crippen molar-refractivity contribution in [2.75, 3.05) is 24.6 Å². The van der Waals surface area contributed by atoms with Gasteiger partial charge in [-0.1, -0.05) is 0 Å². The summed E-state index contributed by atoms with van der Waals surface area (Å²) in [5.74, 6) is 0.423. The first kappa shape index (κ1) is 13.4. The van der Waals surface area contributed by atoms with Gasteiger partial charge in [0.05, 0.1) is 11.5 Å². The predicted octanol–water partition coefficient (Wildman–Crippen LogP) is -0.321. The third-order valence-electron chi connectivity index (χ3n) is 2.78. The van der Waals surface area contributed by atoms with E-state index in [0.717, 1.165) is 0 Å². The molecular formula is C10H20N2O3S. The van der Waals surface area contributed by atoms with Crippen LogP contribution in [-0.4, -0.2) is 44.5 Å². The minimum Gasteiger partial charge on any atom is -0.356 e. The van der Waals surface area contributed by atoms with Gasteiger partial charge in [-0.15, -0.1) is 0 Å². The lowest BCUT2D eigenvalue weighted by molar-refractivity contribution is -0.120. The predicted molar refractivity (Wildman–Crippen MR) is 63.0 cm³/mol. The topological polar surface area (TPSA) is 75.3 Å². The Balaban J connectivity index is 2.31. The van der Waals surface area contributed by atoms with Gasteiger partial charge >= 0.3 is 0 Å². The van der Waals surface area contributed by atoms with E-state index in [1.807, 2.05) is 13.8 Å². The van der Waals surface area contributed by atoms with Gasteiger partial charge in [0.2, 0.25) is 5.91 Å². The van der Waals surface area contributed by atoms with Crippen LogP contribution in [0.25, 0.3) is 0 Å². The highest BCUT2D eigenvalue weighted by Crippen LogP contribution is 2.22. The van der Waals surface area contributed by atoms with Crippen LogP contribution in [0.2, 0.25) is 0 Å². The minimum atomic E-state index is -2.88. The Hall–Kier alpha value is -0.620. The van der Waals surface area contributed by atoms with Crippen molar-refractivity contribution in [3.63, 3.8) is 0 Å². The summed E-state index contributed by atoms with van der Waals surface area (Å²) >= 11 is 0. The zero-order valence-electron chi connectivity index (χ0n) is 9.88. The van der Waals surface area contributed by atoms with Gasteiger partial charge in [0.15, 0.2) is 9.84 Å². The van der Waals surface area contributed by atoms with E-state index in [1.54, 1.807) is 0 Å². The first-order chi connectivity index (χ1) is 7.37. The zero-order valence-corrected chi connectivity index (χ0v) is 10.7. The molecule has 1 aliphatic rings. The molecule has 1 unspecified atom stereocenters. The Morgan fingerprint density at radius 3 is 2.62 bits per heavy atom. The van der Waals surface area contributed by atoms with Crippen LogP contribution in [0.15, 0.2) is 0 Å². The molecule has 0 aliphatic carbocycles. The highest BCUT2D eigenvalue weighted by atomic mass is 32.2. The molecule has 0 bridgehead atoms. The van der Waals surface area contributed by atoms with Crippen LogP contribution in [0.1, 0.15) is 26.7 Å². The Bertz CT molecular complexity index is 353. The summed E-state index contributed by atoms with van der Waals surface area (Å²) in [5, 5.41) is 5.87. The SMILES string of the molecule is CCNC(=O)CCNC1(C)CCS(=O)(=O)C1. The van der Waals surface area contributed by atoms with Crippen LogP contribution in [0.5, 0.6) is 0 Å². The molecule has 1 atom stereocenters. The van der Waals surface area contributed by atoms with Crippen LogP contribution in [0.4, 0.5) is 0 Å². The van der Waals surface area contributed by atoms with Gasteiger partial charge in [-0.2, -0.15) is 0 Å². The van der Waals surface area contributed by atoms with Crippen molar-refractivity contribution in [2.45, 2.75) is 32.2 Å². The lowest BCUT2D eigenvalue weighted by atomic mass is 10.0. The average Bonchev–Trinajstić information content (AvgIpc) is 2.41. The van der Waals surface area contributed by atoms with Crippen molar-refractivity contribution >= 4 is 15.7 Å². The summed E-state index contributed by atoms with van der Waals surface area (Å²) in [6, 6.07) is 0.